The van der Waals surface area contributed by atoms with Gasteiger partial charge >= 0.3 is 0 Å². The van der Waals surface area contributed by atoms with Crippen molar-refractivity contribution in [2.45, 2.75) is 12.8 Å². The number of likely N-dealkylation sites (N-methyl/N-ethyl adjacent to an activating group) is 1. The number of nitrogens with one attached hydrogen (secondary N) is 2. The summed E-state index contributed by atoms with van der Waals surface area (Å²) in [7, 11) is 0. The minimum Gasteiger partial charge on any atom is -0.463 e. The van der Waals surface area contributed by atoms with Gasteiger partial charge in [-0.25, -0.2) is 13.2 Å². The Balaban J connectivity index is 1.78. The molecule has 30 heavy (non-hydrogen) atoms. The van der Waals surface area contributed by atoms with Crippen molar-refractivity contribution >= 4 is 0 Å². The van der Waals surface area contributed by atoms with E-state index in [2.05, 4.69) is 15.5 Å². The Morgan fingerprint density at radius 1 is 1.07 bits per heavy atom. The van der Waals surface area contributed by atoms with Crippen molar-refractivity contribution < 1.29 is 17.6 Å². The fraction of sp³-hybridized carbons (Fsp3) is 0.174. The molecule has 0 fully saturated rings. The SMILES string of the molecule is CCNCC(c1cc(F)c(-c2ccc(F)cc2)c(F)c1)c1cn[nH]c1-c1ccco1. The van der Waals surface area contributed by atoms with Crippen LogP contribution in [0, 0.1) is 17.5 Å². The number of benzene rings is 2. The Bertz CT molecular complexity index is 1100. The molecule has 0 aliphatic rings. The van der Waals surface area contributed by atoms with Gasteiger partial charge in [-0.2, -0.15) is 5.10 Å². The van der Waals surface area contributed by atoms with Crippen LogP contribution in [-0.4, -0.2) is 23.3 Å². The second-order valence-electron chi connectivity index (χ2n) is 6.90. The third kappa shape index (κ3) is 3.89. The average molecular weight is 411 g/mol. The quantitative estimate of drug-likeness (QED) is 0.423. The lowest BCUT2D eigenvalue weighted by atomic mass is 9.89. The summed E-state index contributed by atoms with van der Waals surface area (Å²) in [5.41, 5.74) is 1.98. The number of aromatic amines is 1. The normalized spacial score (nSPS) is 12.3. The zero-order valence-corrected chi connectivity index (χ0v) is 16.3. The first-order chi connectivity index (χ1) is 14.6. The highest BCUT2D eigenvalue weighted by Gasteiger charge is 2.24. The molecule has 4 aromatic rings. The van der Waals surface area contributed by atoms with Gasteiger partial charge in [-0.1, -0.05) is 19.1 Å². The van der Waals surface area contributed by atoms with E-state index < -0.39 is 17.5 Å². The fourth-order valence-corrected chi connectivity index (χ4v) is 3.56. The number of nitrogens with zero attached hydrogens (tertiary/aromatic N) is 1. The van der Waals surface area contributed by atoms with Crippen molar-refractivity contribution in [2.75, 3.05) is 13.1 Å². The Hall–Kier alpha value is -3.32. The van der Waals surface area contributed by atoms with Crippen LogP contribution < -0.4 is 5.32 Å². The number of hydrogen-bond acceptors (Lipinski definition) is 3. The summed E-state index contributed by atoms with van der Waals surface area (Å²) in [6, 6.07) is 11.3. The predicted molar refractivity (Wildman–Crippen MR) is 108 cm³/mol. The van der Waals surface area contributed by atoms with E-state index >= 15 is 0 Å². The van der Waals surface area contributed by atoms with E-state index in [-0.39, 0.29) is 17.0 Å². The number of aromatic nitrogens is 2. The molecule has 1 atom stereocenters. The molecule has 0 aliphatic heterocycles. The third-order valence-electron chi connectivity index (χ3n) is 5.01. The highest BCUT2D eigenvalue weighted by molar-refractivity contribution is 5.66. The second-order valence-corrected chi connectivity index (χ2v) is 6.90. The zero-order chi connectivity index (χ0) is 21.1. The number of halogens is 3. The van der Waals surface area contributed by atoms with E-state index in [1.165, 1.54) is 36.4 Å². The van der Waals surface area contributed by atoms with E-state index in [1.807, 2.05) is 6.92 Å². The average Bonchev–Trinajstić information content (AvgIpc) is 3.41. The number of hydrogen-bond donors (Lipinski definition) is 2. The first kappa shape index (κ1) is 20.0. The van der Waals surface area contributed by atoms with Gasteiger partial charge in [0.2, 0.25) is 0 Å². The highest BCUT2D eigenvalue weighted by Crippen LogP contribution is 2.35. The number of furan rings is 1. The van der Waals surface area contributed by atoms with Gasteiger partial charge < -0.3 is 9.73 Å². The first-order valence-corrected chi connectivity index (χ1v) is 9.61. The van der Waals surface area contributed by atoms with E-state index in [9.17, 15) is 13.2 Å². The molecule has 1 unspecified atom stereocenters. The van der Waals surface area contributed by atoms with Crippen molar-refractivity contribution in [1.82, 2.24) is 15.5 Å². The topological polar surface area (TPSA) is 53.9 Å². The van der Waals surface area contributed by atoms with Crippen LogP contribution in [0.25, 0.3) is 22.6 Å². The lowest BCUT2D eigenvalue weighted by Crippen LogP contribution is -2.22. The lowest BCUT2D eigenvalue weighted by molar-refractivity contribution is 0.573. The molecule has 2 aromatic heterocycles. The van der Waals surface area contributed by atoms with Gasteiger partial charge in [0.25, 0.3) is 0 Å². The molecule has 154 valence electrons. The van der Waals surface area contributed by atoms with E-state index in [0.29, 0.717) is 30.1 Å². The summed E-state index contributed by atoms with van der Waals surface area (Å²) in [5.74, 6) is -1.66. The van der Waals surface area contributed by atoms with Crippen LogP contribution in [-0.2, 0) is 0 Å². The molecule has 4 rings (SSSR count). The highest BCUT2D eigenvalue weighted by atomic mass is 19.1. The minimum atomic E-state index is -0.707. The molecule has 0 bridgehead atoms. The summed E-state index contributed by atoms with van der Waals surface area (Å²) in [4.78, 5) is 0. The largest absolute Gasteiger partial charge is 0.463 e. The van der Waals surface area contributed by atoms with Gasteiger partial charge in [0.15, 0.2) is 5.76 Å². The van der Waals surface area contributed by atoms with Gasteiger partial charge in [-0.15, -0.1) is 0 Å². The second kappa shape index (κ2) is 8.59. The Morgan fingerprint density at radius 2 is 1.80 bits per heavy atom. The summed E-state index contributed by atoms with van der Waals surface area (Å²) < 4.78 is 48.7. The summed E-state index contributed by atoms with van der Waals surface area (Å²) in [5, 5.41) is 10.3. The van der Waals surface area contributed by atoms with E-state index in [1.54, 1.807) is 24.6 Å². The van der Waals surface area contributed by atoms with Crippen molar-refractivity contribution in [2.24, 2.45) is 0 Å². The predicted octanol–water partition coefficient (Wildman–Crippen LogP) is 5.50. The molecule has 0 saturated carbocycles. The Kier molecular flexibility index (Phi) is 5.72. The maximum atomic E-state index is 15.0. The van der Waals surface area contributed by atoms with Crippen LogP contribution >= 0.6 is 0 Å². The molecular weight excluding hydrogens is 391 g/mol. The molecule has 0 aliphatic carbocycles. The lowest BCUT2D eigenvalue weighted by Gasteiger charge is -2.19. The van der Waals surface area contributed by atoms with Gasteiger partial charge in [-0.05, 0) is 54.1 Å². The molecule has 0 radical (unpaired) electrons. The van der Waals surface area contributed by atoms with Crippen LogP contribution in [0.2, 0.25) is 0 Å². The Morgan fingerprint density at radius 3 is 2.43 bits per heavy atom. The minimum absolute atomic E-state index is 0.181. The molecule has 4 nitrogen and oxygen atoms in total. The van der Waals surface area contributed by atoms with Gasteiger partial charge in [-0.3, -0.25) is 5.10 Å². The van der Waals surface area contributed by atoms with E-state index in [4.69, 9.17) is 4.42 Å². The third-order valence-corrected chi connectivity index (χ3v) is 5.01. The standard InChI is InChI=1S/C23H20F3N3O/c1-2-27-12-17(18-13-28-29-23(18)21-4-3-9-30-21)15-10-19(25)22(20(26)11-15)14-5-7-16(24)8-6-14/h3-11,13,17,27H,2,12H2,1H3,(H,28,29). The van der Waals surface area contributed by atoms with E-state index in [0.717, 1.165) is 5.56 Å². The van der Waals surface area contributed by atoms with Crippen molar-refractivity contribution in [3.05, 3.63) is 89.6 Å². The zero-order valence-electron chi connectivity index (χ0n) is 16.3. The summed E-state index contributed by atoms with van der Waals surface area (Å²) in [6.07, 6.45) is 3.19. The smallest absolute Gasteiger partial charge is 0.151 e. The summed E-state index contributed by atoms with van der Waals surface area (Å²) >= 11 is 0. The molecule has 2 aromatic carbocycles. The monoisotopic (exact) mass is 411 g/mol. The molecule has 0 amide bonds. The van der Waals surface area contributed by atoms with Crippen molar-refractivity contribution in [1.29, 1.82) is 0 Å². The van der Waals surface area contributed by atoms with Crippen LogP contribution in [0.3, 0.4) is 0 Å². The number of rotatable bonds is 7. The van der Waals surface area contributed by atoms with Gasteiger partial charge in [0, 0.05) is 18.0 Å². The van der Waals surface area contributed by atoms with Crippen LogP contribution in [0.1, 0.15) is 24.0 Å². The molecule has 0 spiro atoms. The van der Waals surface area contributed by atoms with Crippen LogP contribution in [0.15, 0.2) is 65.4 Å². The molecule has 7 heteroatoms. The van der Waals surface area contributed by atoms with Gasteiger partial charge in [0.1, 0.15) is 23.1 Å². The van der Waals surface area contributed by atoms with Crippen LogP contribution in [0.5, 0.6) is 0 Å². The Labute approximate surface area is 171 Å². The van der Waals surface area contributed by atoms with Gasteiger partial charge in [0.05, 0.1) is 18.0 Å². The molecular formula is C23H20F3N3O. The van der Waals surface area contributed by atoms with Crippen molar-refractivity contribution in [3.63, 3.8) is 0 Å². The maximum absolute atomic E-state index is 15.0. The summed E-state index contributed by atoms with van der Waals surface area (Å²) in [6.45, 7) is 3.11. The molecule has 0 saturated heterocycles. The molecule has 2 N–H and O–H groups in total. The molecule has 2 heterocycles. The fourth-order valence-electron chi connectivity index (χ4n) is 3.56. The number of H-pyrrole nitrogens is 1. The first-order valence-electron chi connectivity index (χ1n) is 9.61. The maximum Gasteiger partial charge on any atom is 0.151 e. The van der Waals surface area contributed by atoms with Crippen LogP contribution in [0.4, 0.5) is 13.2 Å². The van der Waals surface area contributed by atoms with Crippen molar-refractivity contribution in [3.8, 4) is 22.6 Å².